The Hall–Kier alpha value is -3.21. The van der Waals surface area contributed by atoms with Gasteiger partial charge in [-0.1, -0.05) is 49.7 Å². The second-order valence-corrected chi connectivity index (χ2v) is 6.82. The number of ether oxygens (including phenoxy) is 1. The fraction of sp³-hybridized carbons (Fsp3) is 0.217. The number of carbonyl (C=O) groups is 1. The van der Waals surface area contributed by atoms with Crippen LogP contribution in [0.4, 0.5) is 4.39 Å². The molecule has 0 fully saturated rings. The smallest absolute Gasteiger partial charge is 0.345 e. The van der Waals surface area contributed by atoms with Crippen molar-refractivity contribution >= 4 is 27.8 Å². The third-order valence-electron chi connectivity index (χ3n) is 4.80. The molecule has 0 radical (unpaired) electrons. The zero-order chi connectivity index (χ0) is 19.5. The minimum absolute atomic E-state index is 0.220. The molecule has 0 spiro atoms. The Morgan fingerprint density at radius 3 is 2.82 bits per heavy atom. The number of fused-ring (bicyclic) bond motifs is 2. The second-order valence-electron chi connectivity index (χ2n) is 6.82. The average Bonchev–Trinajstić information content (AvgIpc) is 3.07. The average molecular weight is 376 g/mol. The Balaban J connectivity index is 1.69. The summed E-state index contributed by atoms with van der Waals surface area (Å²) < 4.78 is 21.7. The third kappa shape index (κ3) is 3.48. The number of esters is 1. The van der Waals surface area contributed by atoms with Crippen LogP contribution in [0.3, 0.4) is 0 Å². The Bertz CT molecular complexity index is 1130. The summed E-state index contributed by atoms with van der Waals surface area (Å²) in [4.78, 5) is 17.3. The van der Waals surface area contributed by atoms with Crippen LogP contribution in [-0.4, -0.2) is 21.7 Å². The van der Waals surface area contributed by atoms with E-state index in [4.69, 9.17) is 4.74 Å². The largest absolute Gasteiger partial charge is 0.421 e. The summed E-state index contributed by atoms with van der Waals surface area (Å²) in [6.45, 7) is 2.18. The molecule has 0 saturated carbocycles. The van der Waals surface area contributed by atoms with Gasteiger partial charge in [-0.2, -0.15) is 0 Å². The van der Waals surface area contributed by atoms with Gasteiger partial charge < -0.3 is 9.30 Å². The van der Waals surface area contributed by atoms with E-state index in [2.05, 4.69) is 4.98 Å². The molecule has 0 amide bonds. The summed E-state index contributed by atoms with van der Waals surface area (Å²) in [5.41, 5.74) is 1.88. The van der Waals surface area contributed by atoms with Crippen LogP contribution in [0.2, 0.25) is 0 Å². The fourth-order valence-corrected chi connectivity index (χ4v) is 3.49. The SMILES string of the molecule is CCC[C@H](F)Cn1cc(C(=O)Oc2cccc3cccnc23)c2ccccc21. The van der Waals surface area contributed by atoms with Gasteiger partial charge in [0.2, 0.25) is 0 Å². The maximum atomic E-state index is 14.2. The number of rotatable bonds is 6. The lowest BCUT2D eigenvalue weighted by Crippen LogP contribution is -2.11. The van der Waals surface area contributed by atoms with E-state index in [0.717, 1.165) is 22.7 Å². The number of hydrogen-bond acceptors (Lipinski definition) is 3. The minimum atomic E-state index is -0.952. The van der Waals surface area contributed by atoms with Gasteiger partial charge in [0.1, 0.15) is 11.7 Å². The quantitative estimate of drug-likeness (QED) is 0.327. The molecule has 28 heavy (non-hydrogen) atoms. The molecule has 4 aromatic rings. The van der Waals surface area contributed by atoms with E-state index in [1.807, 2.05) is 55.5 Å². The Labute approximate surface area is 162 Å². The van der Waals surface area contributed by atoms with Gasteiger partial charge in [-0.25, -0.2) is 9.18 Å². The number of alkyl halides is 1. The summed E-state index contributed by atoms with van der Waals surface area (Å²) in [5.74, 6) is -0.0618. The van der Waals surface area contributed by atoms with Gasteiger partial charge in [-0.3, -0.25) is 4.98 Å². The fourth-order valence-electron chi connectivity index (χ4n) is 3.49. The van der Waals surface area contributed by atoms with Crippen LogP contribution in [0.25, 0.3) is 21.8 Å². The normalized spacial score (nSPS) is 12.4. The van der Waals surface area contributed by atoms with Gasteiger partial charge in [0, 0.05) is 28.7 Å². The van der Waals surface area contributed by atoms with Crippen molar-refractivity contribution in [1.29, 1.82) is 0 Å². The van der Waals surface area contributed by atoms with Gasteiger partial charge in [0.25, 0.3) is 0 Å². The van der Waals surface area contributed by atoms with Crippen molar-refractivity contribution in [1.82, 2.24) is 9.55 Å². The van der Waals surface area contributed by atoms with E-state index in [1.54, 1.807) is 23.0 Å². The van der Waals surface area contributed by atoms with Gasteiger partial charge in [0.05, 0.1) is 12.1 Å². The Morgan fingerprint density at radius 2 is 1.96 bits per heavy atom. The number of benzene rings is 2. The second kappa shape index (κ2) is 7.80. The summed E-state index contributed by atoms with van der Waals surface area (Å²) in [6, 6.07) is 16.7. The molecule has 0 bridgehead atoms. The molecular formula is C23H21FN2O2. The van der Waals surface area contributed by atoms with Crippen molar-refractivity contribution in [3.8, 4) is 5.75 Å². The Kier molecular flexibility index (Phi) is 5.06. The highest BCUT2D eigenvalue weighted by Crippen LogP contribution is 2.27. The van der Waals surface area contributed by atoms with Gasteiger partial charge >= 0.3 is 5.97 Å². The molecule has 2 aromatic carbocycles. The lowest BCUT2D eigenvalue weighted by Gasteiger charge is -2.09. The number of pyridine rings is 1. The Morgan fingerprint density at radius 1 is 1.14 bits per heavy atom. The third-order valence-corrected chi connectivity index (χ3v) is 4.80. The lowest BCUT2D eigenvalue weighted by atomic mass is 10.2. The molecular weight excluding hydrogens is 355 g/mol. The molecule has 142 valence electrons. The predicted molar refractivity (Wildman–Crippen MR) is 108 cm³/mol. The zero-order valence-electron chi connectivity index (χ0n) is 15.6. The van der Waals surface area contributed by atoms with Crippen molar-refractivity contribution in [2.45, 2.75) is 32.5 Å². The molecule has 2 heterocycles. The molecule has 0 N–H and O–H groups in total. The van der Waals surface area contributed by atoms with Gasteiger partial charge in [-0.15, -0.1) is 0 Å². The zero-order valence-corrected chi connectivity index (χ0v) is 15.6. The predicted octanol–water partition coefficient (Wildman–Crippen LogP) is 5.55. The van der Waals surface area contributed by atoms with E-state index in [-0.39, 0.29) is 6.54 Å². The van der Waals surface area contributed by atoms with Gasteiger partial charge in [-0.05, 0) is 24.6 Å². The van der Waals surface area contributed by atoms with Crippen LogP contribution in [0.5, 0.6) is 5.75 Å². The molecule has 4 nitrogen and oxygen atoms in total. The standard InChI is InChI=1S/C23H21FN2O2/c1-2-7-17(24)14-26-15-19(18-10-3-4-11-20(18)26)23(27)28-21-12-5-8-16-9-6-13-25-22(16)21/h3-6,8-13,15,17H,2,7,14H2,1H3/t17-/m0/s1. The molecule has 0 saturated heterocycles. The molecule has 2 aromatic heterocycles. The molecule has 1 atom stereocenters. The number of para-hydroxylation sites is 2. The summed E-state index contributed by atoms with van der Waals surface area (Å²) in [7, 11) is 0. The maximum Gasteiger partial charge on any atom is 0.345 e. The molecule has 0 unspecified atom stereocenters. The van der Waals surface area contributed by atoms with Crippen LogP contribution in [-0.2, 0) is 6.54 Å². The van der Waals surface area contributed by atoms with Gasteiger partial charge in [0.15, 0.2) is 5.75 Å². The van der Waals surface area contributed by atoms with Crippen molar-refractivity contribution in [2.75, 3.05) is 0 Å². The van der Waals surface area contributed by atoms with Crippen molar-refractivity contribution < 1.29 is 13.9 Å². The van der Waals surface area contributed by atoms with Crippen molar-refractivity contribution in [3.63, 3.8) is 0 Å². The first-order chi connectivity index (χ1) is 13.7. The number of aromatic nitrogens is 2. The lowest BCUT2D eigenvalue weighted by molar-refractivity contribution is 0.0738. The minimum Gasteiger partial charge on any atom is -0.421 e. The van der Waals surface area contributed by atoms with Crippen LogP contribution < -0.4 is 4.74 Å². The molecule has 0 aliphatic heterocycles. The highest BCUT2D eigenvalue weighted by atomic mass is 19.1. The van der Waals surface area contributed by atoms with Crippen LogP contribution >= 0.6 is 0 Å². The van der Waals surface area contributed by atoms with Crippen molar-refractivity contribution in [3.05, 3.63) is 72.6 Å². The topological polar surface area (TPSA) is 44.1 Å². The summed E-state index contributed by atoms with van der Waals surface area (Å²) in [5, 5.41) is 1.65. The highest BCUT2D eigenvalue weighted by molar-refractivity contribution is 6.05. The maximum absolute atomic E-state index is 14.2. The van der Waals surface area contributed by atoms with E-state index in [0.29, 0.717) is 23.3 Å². The van der Waals surface area contributed by atoms with E-state index >= 15 is 0 Å². The number of halogens is 1. The van der Waals surface area contributed by atoms with E-state index in [1.165, 1.54) is 0 Å². The first kappa shape index (κ1) is 18.2. The molecule has 0 aliphatic rings. The summed E-state index contributed by atoms with van der Waals surface area (Å²) in [6.07, 6.45) is 3.68. The first-order valence-corrected chi connectivity index (χ1v) is 9.45. The highest BCUT2D eigenvalue weighted by Gasteiger charge is 2.19. The molecule has 5 heteroatoms. The van der Waals surface area contributed by atoms with Crippen molar-refractivity contribution in [2.24, 2.45) is 0 Å². The molecule has 0 aliphatic carbocycles. The van der Waals surface area contributed by atoms with Crippen LogP contribution in [0, 0.1) is 0 Å². The van der Waals surface area contributed by atoms with Crippen LogP contribution in [0.1, 0.15) is 30.1 Å². The number of carbonyl (C=O) groups excluding carboxylic acids is 1. The van der Waals surface area contributed by atoms with E-state index < -0.39 is 12.1 Å². The molecule has 4 rings (SSSR count). The number of hydrogen-bond donors (Lipinski definition) is 0. The first-order valence-electron chi connectivity index (χ1n) is 9.45. The van der Waals surface area contributed by atoms with Crippen LogP contribution in [0.15, 0.2) is 67.0 Å². The number of nitrogens with zero attached hydrogens (tertiary/aromatic N) is 2. The monoisotopic (exact) mass is 376 g/mol. The summed E-state index contributed by atoms with van der Waals surface area (Å²) >= 11 is 0. The van der Waals surface area contributed by atoms with E-state index in [9.17, 15) is 9.18 Å².